The Morgan fingerprint density at radius 1 is 1.10 bits per heavy atom. The van der Waals surface area contributed by atoms with Crippen molar-refractivity contribution < 1.29 is 17.6 Å². The lowest BCUT2D eigenvalue weighted by Crippen LogP contribution is -2.33. The summed E-state index contributed by atoms with van der Waals surface area (Å²) in [5.41, 5.74) is 1.69. The number of carbonyl (C=O) groups excluding carboxylic acids is 1. The first kappa shape index (κ1) is 21.6. The van der Waals surface area contributed by atoms with Crippen molar-refractivity contribution in [3.05, 3.63) is 53.8 Å². The van der Waals surface area contributed by atoms with E-state index in [9.17, 15) is 17.6 Å². The minimum absolute atomic E-state index is 0.115. The Balaban J connectivity index is 1.47. The number of nitrogens with one attached hydrogen (secondary N) is 1. The first-order valence-electron chi connectivity index (χ1n) is 10.8. The highest BCUT2D eigenvalue weighted by molar-refractivity contribution is 7.93. The van der Waals surface area contributed by atoms with E-state index in [1.54, 1.807) is 36.4 Å². The molecule has 2 fully saturated rings. The quantitative estimate of drug-likeness (QED) is 0.741. The second-order valence-corrected chi connectivity index (χ2v) is 10.3. The van der Waals surface area contributed by atoms with E-state index >= 15 is 0 Å². The Morgan fingerprint density at radius 2 is 1.87 bits per heavy atom. The molecule has 0 aromatic heterocycles. The van der Waals surface area contributed by atoms with Gasteiger partial charge in [-0.2, -0.15) is 0 Å². The summed E-state index contributed by atoms with van der Waals surface area (Å²) < 4.78 is 40.4. The van der Waals surface area contributed by atoms with Gasteiger partial charge in [0.25, 0.3) is 5.91 Å². The molecule has 1 amide bonds. The smallest absolute Gasteiger partial charge is 0.255 e. The SMILES string of the molecule is CN(c1ccc(NC(=O)c2cccc(N3CCCS3(=O)=O)c2)cc1F)C1CCCCC1. The fraction of sp³-hybridized carbons (Fsp3) is 0.435. The molecule has 0 atom stereocenters. The monoisotopic (exact) mass is 445 g/mol. The highest BCUT2D eigenvalue weighted by Gasteiger charge is 2.28. The number of hydrogen-bond acceptors (Lipinski definition) is 4. The van der Waals surface area contributed by atoms with Crippen molar-refractivity contribution in [2.45, 2.75) is 44.6 Å². The predicted molar refractivity (Wildman–Crippen MR) is 122 cm³/mol. The fourth-order valence-electron chi connectivity index (χ4n) is 4.47. The standard InChI is InChI=1S/C23H28FN3O3S/c1-26(19-8-3-2-4-9-19)22-12-11-18(16-21(22)24)25-23(28)17-7-5-10-20(15-17)27-13-6-14-31(27,29)30/h5,7,10-12,15-16,19H,2-4,6,8-9,13-14H2,1H3,(H,25,28). The zero-order valence-electron chi connectivity index (χ0n) is 17.7. The van der Waals surface area contributed by atoms with E-state index in [0.717, 1.165) is 12.8 Å². The summed E-state index contributed by atoms with van der Waals surface area (Å²) in [6.07, 6.45) is 6.28. The number of hydrogen-bond donors (Lipinski definition) is 1. The van der Waals surface area contributed by atoms with Crippen LogP contribution in [0.5, 0.6) is 0 Å². The van der Waals surface area contributed by atoms with E-state index in [1.807, 2.05) is 11.9 Å². The lowest BCUT2D eigenvalue weighted by Gasteiger charge is -2.33. The molecule has 2 aromatic carbocycles. The number of halogens is 1. The zero-order chi connectivity index (χ0) is 22.0. The van der Waals surface area contributed by atoms with Crippen LogP contribution in [0.3, 0.4) is 0 Å². The van der Waals surface area contributed by atoms with E-state index in [4.69, 9.17) is 0 Å². The Morgan fingerprint density at radius 3 is 2.55 bits per heavy atom. The molecule has 2 aliphatic rings. The summed E-state index contributed by atoms with van der Waals surface area (Å²) in [7, 11) is -1.40. The topological polar surface area (TPSA) is 69.7 Å². The van der Waals surface area contributed by atoms with Crippen LogP contribution in [-0.2, 0) is 10.0 Å². The molecule has 1 saturated heterocycles. The number of nitrogens with zero attached hydrogens (tertiary/aromatic N) is 2. The molecule has 0 unspecified atom stereocenters. The largest absolute Gasteiger partial charge is 0.369 e. The number of sulfonamides is 1. The average Bonchev–Trinajstić information content (AvgIpc) is 3.13. The van der Waals surface area contributed by atoms with E-state index in [-0.39, 0.29) is 11.6 Å². The third kappa shape index (κ3) is 4.69. The summed E-state index contributed by atoms with van der Waals surface area (Å²) in [5.74, 6) is -0.668. The third-order valence-corrected chi connectivity index (χ3v) is 8.07. The van der Waals surface area contributed by atoms with Gasteiger partial charge in [-0.3, -0.25) is 9.10 Å². The molecule has 1 aliphatic carbocycles. The van der Waals surface area contributed by atoms with E-state index in [2.05, 4.69) is 5.32 Å². The number of anilines is 3. The Kier molecular flexibility index (Phi) is 6.18. The maximum Gasteiger partial charge on any atom is 0.255 e. The van der Waals surface area contributed by atoms with Crippen LogP contribution >= 0.6 is 0 Å². The molecule has 1 aliphatic heterocycles. The van der Waals surface area contributed by atoms with Crippen molar-refractivity contribution in [2.75, 3.05) is 33.9 Å². The van der Waals surface area contributed by atoms with Gasteiger partial charge in [-0.25, -0.2) is 12.8 Å². The summed E-state index contributed by atoms with van der Waals surface area (Å²) in [6, 6.07) is 11.6. The van der Waals surface area contributed by atoms with Gasteiger partial charge in [0.05, 0.1) is 17.1 Å². The van der Waals surface area contributed by atoms with Crippen LogP contribution in [0, 0.1) is 5.82 Å². The van der Waals surface area contributed by atoms with E-state index in [0.29, 0.717) is 41.6 Å². The van der Waals surface area contributed by atoms with Gasteiger partial charge < -0.3 is 10.2 Å². The lowest BCUT2D eigenvalue weighted by atomic mass is 9.94. The molecule has 166 valence electrons. The molecule has 6 nitrogen and oxygen atoms in total. The fourth-order valence-corrected chi connectivity index (χ4v) is 6.03. The van der Waals surface area contributed by atoms with Gasteiger partial charge in [0.1, 0.15) is 5.82 Å². The molecule has 4 rings (SSSR count). The number of carbonyl (C=O) groups is 1. The van der Waals surface area contributed by atoms with Crippen molar-refractivity contribution in [2.24, 2.45) is 0 Å². The highest BCUT2D eigenvalue weighted by Crippen LogP contribution is 2.30. The maximum atomic E-state index is 14.8. The number of amides is 1. The normalized spacial score (nSPS) is 18.7. The molecule has 8 heteroatoms. The third-order valence-electron chi connectivity index (χ3n) is 6.20. The second-order valence-electron chi connectivity index (χ2n) is 8.32. The van der Waals surface area contributed by atoms with Gasteiger partial charge >= 0.3 is 0 Å². The Labute approximate surface area is 183 Å². The average molecular weight is 446 g/mol. The molecule has 2 aromatic rings. The summed E-state index contributed by atoms with van der Waals surface area (Å²) in [6.45, 7) is 0.411. The van der Waals surface area contributed by atoms with E-state index in [1.165, 1.54) is 29.6 Å². The molecule has 31 heavy (non-hydrogen) atoms. The van der Waals surface area contributed by atoms with Gasteiger partial charge in [0.2, 0.25) is 10.0 Å². The minimum Gasteiger partial charge on any atom is -0.369 e. The molecule has 1 saturated carbocycles. The van der Waals surface area contributed by atoms with Crippen molar-refractivity contribution in [3.63, 3.8) is 0 Å². The molecule has 0 spiro atoms. The van der Waals surface area contributed by atoms with Gasteiger partial charge in [-0.1, -0.05) is 25.3 Å². The Bertz CT molecular complexity index is 1070. The summed E-state index contributed by atoms with van der Waals surface area (Å²) in [4.78, 5) is 14.7. The molecular weight excluding hydrogens is 417 g/mol. The summed E-state index contributed by atoms with van der Waals surface area (Å²) in [5, 5.41) is 2.72. The highest BCUT2D eigenvalue weighted by atomic mass is 32.2. The van der Waals surface area contributed by atoms with Crippen LogP contribution in [0.25, 0.3) is 0 Å². The van der Waals surface area contributed by atoms with Crippen molar-refractivity contribution in [1.82, 2.24) is 0 Å². The van der Waals surface area contributed by atoms with Gasteiger partial charge in [0.15, 0.2) is 0 Å². The summed E-state index contributed by atoms with van der Waals surface area (Å²) >= 11 is 0. The Hall–Kier alpha value is -2.61. The second kappa shape index (κ2) is 8.86. The van der Waals surface area contributed by atoms with Crippen LogP contribution in [0.2, 0.25) is 0 Å². The molecular formula is C23H28FN3O3S. The van der Waals surface area contributed by atoms with Gasteiger partial charge in [-0.15, -0.1) is 0 Å². The van der Waals surface area contributed by atoms with Gasteiger partial charge in [-0.05, 0) is 55.7 Å². The molecule has 1 heterocycles. The lowest BCUT2D eigenvalue weighted by molar-refractivity contribution is 0.102. The molecule has 0 radical (unpaired) electrons. The molecule has 1 N–H and O–H groups in total. The van der Waals surface area contributed by atoms with Gasteiger partial charge in [0, 0.05) is 30.9 Å². The van der Waals surface area contributed by atoms with Crippen LogP contribution in [0.15, 0.2) is 42.5 Å². The van der Waals surface area contributed by atoms with E-state index < -0.39 is 15.9 Å². The zero-order valence-corrected chi connectivity index (χ0v) is 18.5. The number of benzene rings is 2. The predicted octanol–water partition coefficient (Wildman–Crippen LogP) is 4.39. The van der Waals surface area contributed by atoms with Crippen LogP contribution in [-0.4, -0.2) is 39.7 Å². The number of rotatable bonds is 5. The van der Waals surface area contributed by atoms with Crippen molar-refractivity contribution in [3.8, 4) is 0 Å². The van der Waals surface area contributed by atoms with Crippen molar-refractivity contribution in [1.29, 1.82) is 0 Å². The maximum absolute atomic E-state index is 14.8. The first-order valence-corrected chi connectivity index (χ1v) is 12.4. The van der Waals surface area contributed by atoms with Crippen LogP contribution in [0.4, 0.5) is 21.5 Å². The van der Waals surface area contributed by atoms with Crippen molar-refractivity contribution >= 4 is 33.0 Å². The van der Waals surface area contributed by atoms with Crippen LogP contribution in [0.1, 0.15) is 48.9 Å². The van der Waals surface area contributed by atoms with Crippen LogP contribution < -0.4 is 14.5 Å². The molecule has 0 bridgehead atoms. The first-order chi connectivity index (χ1) is 14.8. The minimum atomic E-state index is -3.32.